The second-order valence-electron chi connectivity index (χ2n) is 8.45. The molecular weight excluding hydrogens is 470 g/mol. The molecule has 1 fully saturated rings. The highest BCUT2D eigenvalue weighted by molar-refractivity contribution is 6.01. The fourth-order valence-electron chi connectivity index (χ4n) is 4.23. The van der Waals surface area contributed by atoms with E-state index in [9.17, 15) is 4.79 Å². The minimum Gasteiger partial charge on any atom is -0.494 e. The van der Waals surface area contributed by atoms with Crippen LogP contribution in [0.5, 0.6) is 5.75 Å². The van der Waals surface area contributed by atoms with Gasteiger partial charge in [0.15, 0.2) is 5.82 Å². The van der Waals surface area contributed by atoms with Gasteiger partial charge in [-0.25, -0.2) is 20.0 Å². The highest BCUT2D eigenvalue weighted by Gasteiger charge is 2.29. The molecule has 2 aromatic carbocycles. The van der Waals surface area contributed by atoms with Crippen molar-refractivity contribution in [2.24, 2.45) is 0 Å². The second kappa shape index (κ2) is 10.5. The lowest BCUT2D eigenvalue weighted by Gasteiger charge is -2.24. The van der Waals surface area contributed by atoms with Crippen LogP contribution < -0.4 is 20.4 Å². The Morgan fingerprint density at radius 3 is 2.73 bits per heavy atom. The predicted molar refractivity (Wildman–Crippen MR) is 141 cm³/mol. The smallest absolute Gasteiger partial charge is 0.247 e. The van der Waals surface area contributed by atoms with Gasteiger partial charge in [-0.1, -0.05) is 36.9 Å². The van der Waals surface area contributed by atoms with Crippen molar-refractivity contribution < 1.29 is 14.4 Å². The Hall–Kier alpha value is -4.70. The Labute approximate surface area is 214 Å². The van der Waals surface area contributed by atoms with Crippen LogP contribution in [0.1, 0.15) is 23.7 Å². The largest absolute Gasteiger partial charge is 0.494 e. The number of nitrogens with one attached hydrogen (secondary N) is 2. The van der Waals surface area contributed by atoms with E-state index in [1.807, 2.05) is 53.1 Å². The van der Waals surface area contributed by atoms with Gasteiger partial charge in [0, 0.05) is 24.8 Å². The van der Waals surface area contributed by atoms with Crippen LogP contribution >= 0.6 is 0 Å². The Morgan fingerprint density at radius 1 is 1.16 bits per heavy atom. The monoisotopic (exact) mass is 497 g/mol. The molecule has 0 spiro atoms. The number of methoxy groups -OCH3 is 1. The Morgan fingerprint density at radius 2 is 2.00 bits per heavy atom. The fraction of sp³-hybridized carbons (Fsp3) is 0.185. The van der Waals surface area contributed by atoms with E-state index < -0.39 is 0 Å². The first-order chi connectivity index (χ1) is 18.1. The number of hydrogen-bond acceptors (Lipinski definition) is 8. The third-order valence-electron chi connectivity index (χ3n) is 5.98. The van der Waals surface area contributed by atoms with Crippen molar-refractivity contribution in [3.63, 3.8) is 0 Å². The molecule has 1 atom stereocenters. The molecule has 4 aromatic rings. The van der Waals surface area contributed by atoms with Gasteiger partial charge < -0.3 is 19.9 Å². The molecule has 1 saturated heterocycles. The normalized spacial score (nSPS) is 14.9. The molecule has 0 saturated carbocycles. The predicted octanol–water partition coefficient (Wildman–Crippen LogP) is 4.73. The van der Waals surface area contributed by atoms with E-state index in [2.05, 4.69) is 44.3 Å². The molecule has 1 aliphatic heterocycles. The molecule has 10 heteroatoms. The van der Waals surface area contributed by atoms with Crippen LogP contribution in [0, 0.1) is 6.92 Å². The van der Waals surface area contributed by atoms with Crippen molar-refractivity contribution in [1.82, 2.24) is 19.5 Å². The summed E-state index contributed by atoms with van der Waals surface area (Å²) in [5.41, 5.74) is 3.84. The van der Waals surface area contributed by atoms with E-state index in [1.165, 1.54) is 12.4 Å². The average molecular weight is 498 g/mol. The standard InChI is InChI=1S/C27H27N7O3/c1-4-27(35)32-20-12-21(24(36-3)13-23(20)33-15-18(2)30-17-33)31-25-14-26(29-16-28-25)34-22(10-11-37-34)19-8-6-5-7-9-19/h4-9,12-17,22H,1,10-11H2,2-3H3,(H,32,35)(H,28,29,31)/t22-/m1/s1. The molecule has 10 nitrogen and oxygen atoms in total. The molecule has 5 rings (SSSR count). The molecule has 0 bridgehead atoms. The van der Waals surface area contributed by atoms with E-state index >= 15 is 0 Å². The van der Waals surface area contributed by atoms with Crippen LogP contribution in [0.2, 0.25) is 0 Å². The number of rotatable bonds is 8. The molecular formula is C27H27N7O3. The molecule has 0 aliphatic carbocycles. The Bertz CT molecular complexity index is 1420. The van der Waals surface area contributed by atoms with Crippen LogP contribution in [0.3, 0.4) is 0 Å². The molecule has 3 heterocycles. The van der Waals surface area contributed by atoms with Gasteiger partial charge in [0.2, 0.25) is 5.91 Å². The molecule has 2 aromatic heterocycles. The van der Waals surface area contributed by atoms with Gasteiger partial charge in [0.1, 0.15) is 17.9 Å². The van der Waals surface area contributed by atoms with Crippen LogP contribution in [0.15, 0.2) is 80.0 Å². The summed E-state index contributed by atoms with van der Waals surface area (Å²) in [5.74, 6) is 1.39. The zero-order chi connectivity index (χ0) is 25.8. The zero-order valence-corrected chi connectivity index (χ0v) is 20.6. The van der Waals surface area contributed by atoms with E-state index in [4.69, 9.17) is 9.57 Å². The van der Waals surface area contributed by atoms with E-state index in [1.54, 1.807) is 19.5 Å². The van der Waals surface area contributed by atoms with Crippen LogP contribution in [-0.4, -0.2) is 39.1 Å². The molecule has 0 unspecified atom stereocenters. The van der Waals surface area contributed by atoms with Crippen LogP contribution in [0.4, 0.5) is 23.0 Å². The molecule has 37 heavy (non-hydrogen) atoms. The third kappa shape index (κ3) is 5.14. The van der Waals surface area contributed by atoms with E-state index in [-0.39, 0.29) is 11.9 Å². The van der Waals surface area contributed by atoms with Crippen molar-refractivity contribution in [2.75, 3.05) is 29.4 Å². The maximum atomic E-state index is 12.2. The van der Waals surface area contributed by atoms with Crippen molar-refractivity contribution in [2.45, 2.75) is 19.4 Å². The number of nitrogens with zero attached hydrogens (tertiary/aromatic N) is 5. The lowest BCUT2D eigenvalue weighted by Crippen LogP contribution is -2.22. The van der Waals surface area contributed by atoms with E-state index in [0.717, 1.165) is 17.7 Å². The number of aryl methyl sites for hydroxylation is 1. The maximum absolute atomic E-state index is 12.2. The van der Waals surface area contributed by atoms with Crippen LogP contribution in [0.25, 0.3) is 5.69 Å². The number of carbonyl (C=O) groups is 1. The summed E-state index contributed by atoms with van der Waals surface area (Å²) in [6, 6.07) is 15.7. The van der Waals surface area contributed by atoms with E-state index in [0.29, 0.717) is 41.1 Å². The number of ether oxygens (including phenoxy) is 1. The third-order valence-corrected chi connectivity index (χ3v) is 5.98. The average Bonchev–Trinajstić information content (AvgIpc) is 3.59. The SMILES string of the molecule is C=CC(=O)Nc1cc(Nc2cc(N3OCC[C@@H]3c3ccccc3)ncn2)c(OC)cc1-n1cnc(C)c1. The highest BCUT2D eigenvalue weighted by Crippen LogP contribution is 2.37. The Kier molecular flexibility index (Phi) is 6.82. The fourth-order valence-corrected chi connectivity index (χ4v) is 4.23. The number of hydrogen-bond donors (Lipinski definition) is 2. The van der Waals surface area contributed by atoms with Gasteiger partial charge in [-0.3, -0.25) is 9.63 Å². The summed E-state index contributed by atoms with van der Waals surface area (Å²) in [6.45, 7) is 6.05. The maximum Gasteiger partial charge on any atom is 0.247 e. The second-order valence-corrected chi connectivity index (χ2v) is 8.45. The number of imidazole rings is 1. The minimum atomic E-state index is -0.336. The Balaban J connectivity index is 1.48. The first-order valence-electron chi connectivity index (χ1n) is 11.8. The number of aromatic nitrogens is 4. The summed E-state index contributed by atoms with van der Waals surface area (Å²) in [6.07, 6.45) is 7.09. The molecule has 2 N–H and O–H groups in total. The van der Waals surface area contributed by atoms with Gasteiger partial charge >= 0.3 is 0 Å². The quantitative estimate of drug-likeness (QED) is 0.337. The van der Waals surface area contributed by atoms with Gasteiger partial charge in [-0.15, -0.1) is 0 Å². The summed E-state index contributed by atoms with van der Waals surface area (Å²) < 4.78 is 7.49. The summed E-state index contributed by atoms with van der Waals surface area (Å²) in [5, 5.41) is 7.98. The van der Waals surface area contributed by atoms with Gasteiger partial charge in [-0.2, -0.15) is 0 Å². The number of anilines is 4. The summed E-state index contributed by atoms with van der Waals surface area (Å²) >= 11 is 0. The zero-order valence-electron chi connectivity index (χ0n) is 20.6. The van der Waals surface area contributed by atoms with Gasteiger partial charge in [0.25, 0.3) is 0 Å². The number of benzene rings is 2. The van der Waals surface area contributed by atoms with Crippen LogP contribution in [-0.2, 0) is 9.63 Å². The molecule has 188 valence electrons. The lowest BCUT2D eigenvalue weighted by atomic mass is 10.0. The topological polar surface area (TPSA) is 106 Å². The van der Waals surface area contributed by atoms with Crippen molar-refractivity contribution in [3.05, 3.63) is 91.3 Å². The lowest BCUT2D eigenvalue weighted by molar-refractivity contribution is -0.111. The number of carbonyl (C=O) groups excluding carboxylic acids is 1. The molecule has 1 amide bonds. The van der Waals surface area contributed by atoms with Gasteiger partial charge in [-0.05, 0) is 24.6 Å². The summed E-state index contributed by atoms with van der Waals surface area (Å²) in [4.78, 5) is 31.2. The number of hydroxylamine groups is 1. The van der Waals surface area contributed by atoms with Crippen molar-refractivity contribution >= 4 is 28.9 Å². The summed E-state index contributed by atoms with van der Waals surface area (Å²) in [7, 11) is 1.58. The first kappa shape index (κ1) is 24.0. The molecule has 1 aliphatic rings. The molecule has 0 radical (unpaired) electrons. The number of amides is 1. The van der Waals surface area contributed by atoms with Crippen molar-refractivity contribution in [1.29, 1.82) is 0 Å². The highest BCUT2D eigenvalue weighted by atomic mass is 16.7. The minimum absolute atomic E-state index is 0.0529. The van der Waals surface area contributed by atoms with Gasteiger partial charge in [0.05, 0.1) is 48.8 Å². The van der Waals surface area contributed by atoms with Crippen molar-refractivity contribution in [3.8, 4) is 11.4 Å². The first-order valence-corrected chi connectivity index (χ1v) is 11.8.